The summed E-state index contributed by atoms with van der Waals surface area (Å²) in [5.74, 6) is 0. The lowest BCUT2D eigenvalue weighted by Gasteiger charge is -2.26. The van der Waals surface area contributed by atoms with Crippen molar-refractivity contribution in [3.8, 4) is 0 Å². The average molecular weight is 256 g/mol. The molecule has 2 fully saturated rings. The SMILES string of the molecule is C=C(CN(CC1CCCN1)C1CC1)c1ccccc1. The molecule has 1 aromatic carbocycles. The van der Waals surface area contributed by atoms with E-state index in [2.05, 4.69) is 47.1 Å². The smallest absolute Gasteiger partial charge is 0.0237 e. The minimum atomic E-state index is 0.698. The Hall–Kier alpha value is -1.12. The van der Waals surface area contributed by atoms with Crippen molar-refractivity contribution < 1.29 is 0 Å². The Bertz CT molecular complexity index is 416. The maximum absolute atomic E-state index is 4.29. The van der Waals surface area contributed by atoms with Gasteiger partial charge in [-0.15, -0.1) is 0 Å². The highest BCUT2D eigenvalue weighted by Crippen LogP contribution is 2.29. The molecule has 2 aliphatic rings. The Labute approximate surface area is 116 Å². The van der Waals surface area contributed by atoms with Crippen LogP contribution in [0.4, 0.5) is 0 Å². The lowest BCUT2D eigenvalue weighted by atomic mass is 10.1. The topological polar surface area (TPSA) is 15.3 Å². The van der Waals surface area contributed by atoms with Gasteiger partial charge in [0, 0.05) is 25.2 Å². The van der Waals surface area contributed by atoms with Gasteiger partial charge in [-0.25, -0.2) is 0 Å². The number of nitrogens with one attached hydrogen (secondary N) is 1. The summed E-state index contributed by atoms with van der Waals surface area (Å²) in [6.07, 6.45) is 5.41. The molecule has 1 unspecified atom stereocenters. The first-order valence-corrected chi connectivity index (χ1v) is 7.53. The molecule has 19 heavy (non-hydrogen) atoms. The van der Waals surface area contributed by atoms with E-state index in [0.29, 0.717) is 6.04 Å². The average Bonchev–Trinajstić information content (AvgIpc) is 3.17. The minimum Gasteiger partial charge on any atom is -0.313 e. The monoisotopic (exact) mass is 256 g/mol. The van der Waals surface area contributed by atoms with Crippen LogP contribution in [0.2, 0.25) is 0 Å². The van der Waals surface area contributed by atoms with Gasteiger partial charge in [0.25, 0.3) is 0 Å². The lowest BCUT2D eigenvalue weighted by molar-refractivity contribution is 0.268. The van der Waals surface area contributed by atoms with Gasteiger partial charge < -0.3 is 5.32 Å². The highest BCUT2D eigenvalue weighted by Gasteiger charge is 2.31. The molecule has 2 nitrogen and oxygen atoms in total. The zero-order valence-electron chi connectivity index (χ0n) is 11.6. The molecular weight excluding hydrogens is 232 g/mol. The van der Waals surface area contributed by atoms with Crippen molar-refractivity contribution in [1.82, 2.24) is 10.2 Å². The first kappa shape index (κ1) is 12.9. The fraction of sp³-hybridized carbons (Fsp3) is 0.529. The van der Waals surface area contributed by atoms with Crippen molar-refractivity contribution >= 4 is 5.57 Å². The normalized spacial score (nSPS) is 22.9. The van der Waals surface area contributed by atoms with Crippen molar-refractivity contribution in [3.05, 3.63) is 42.5 Å². The molecule has 1 saturated heterocycles. The van der Waals surface area contributed by atoms with Crippen LogP contribution in [0, 0.1) is 0 Å². The highest BCUT2D eigenvalue weighted by molar-refractivity contribution is 5.64. The summed E-state index contributed by atoms with van der Waals surface area (Å²) >= 11 is 0. The van der Waals surface area contributed by atoms with Gasteiger partial charge in [0.2, 0.25) is 0 Å². The quantitative estimate of drug-likeness (QED) is 0.842. The maximum atomic E-state index is 4.29. The van der Waals surface area contributed by atoms with Crippen LogP contribution in [0.1, 0.15) is 31.2 Å². The molecule has 1 saturated carbocycles. The van der Waals surface area contributed by atoms with E-state index in [-0.39, 0.29) is 0 Å². The molecule has 1 aliphatic carbocycles. The Morgan fingerprint density at radius 2 is 2.00 bits per heavy atom. The fourth-order valence-electron chi connectivity index (χ4n) is 2.99. The predicted octanol–water partition coefficient (Wildman–Crippen LogP) is 2.92. The van der Waals surface area contributed by atoms with Crippen molar-refractivity contribution in [1.29, 1.82) is 0 Å². The summed E-state index contributed by atoms with van der Waals surface area (Å²) in [6.45, 7) is 7.70. The van der Waals surface area contributed by atoms with E-state index in [1.165, 1.54) is 49.9 Å². The number of benzene rings is 1. The van der Waals surface area contributed by atoms with Crippen LogP contribution < -0.4 is 5.32 Å². The molecule has 1 heterocycles. The molecule has 3 rings (SSSR count). The molecule has 0 bridgehead atoms. The highest BCUT2D eigenvalue weighted by atomic mass is 15.2. The van der Waals surface area contributed by atoms with Gasteiger partial charge in [0.1, 0.15) is 0 Å². The van der Waals surface area contributed by atoms with Gasteiger partial charge in [0.15, 0.2) is 0 Å². The molecule has 0 aromatic heterocycles. The number of nitrogens with zero attached hydrogens (tertiary/aromatic N) is 1. The first-order chi connectivity index (χ1) is 9.33. The third-order valence-electron chi connectivity index (χ3n) is 4.26. The second-order valence-corrected chi connectivity index (χ2v) is 5.92. The second kappa shape index (κ2) is 5.89. The van der Waals surface area contributed by atoms with Gasteiger partial charge >= 0.3 is 0 Å². The molecule has 1 N–H and O–H groups in total. The molecule has 1 aromatic rings. The number of hydrogen-bond acceptors (Lipinski definition) is 2. The Kier molecular flexibility index (Phi) is 4.00. The van der Waals surface area contributed by atoms with E-state index in [0.717, 1.165) is 12.6 Å². The van der Waals surface area contributed by atoms with E-state index in [1.54, 1.807) is 0 Å². The minimum absolute atomic E-state index is 0.698. The van der Waals surface area contributed by atoms with Gasteiger partial charge in [-0.1, -0.05) is 36.9 Å². The predicted molar refractivity (Wildman–Crippen MR) is 81.1 cm³/mol. The van der Waals surface area contributed by atoms with E-state index in [4.69, 9.17) is 0 Å². The summed E-state index contributed by atoms with van der Waals surface area (Å²) in [5, 5.41) is 3.61. The van der Waals surface area contributed by atoms with Crippen LogP contribution in [-0.2, 0) is 0 Å². The number of hydrogen-bond donors (Lipinski definition) is 1. The molecule has 1 aliphatic heterocycles. The molecule has 0 spiro atoms. The van der Waals surface area contributed by atoms with Crippen LogP contribution in [0.25, 0.3) is 5.57 Å². The van der Waals surface area contributed by atoms with Crippen LogP contribution in [0.5, 0.6) is 0 Å². The summed E-state index contributed by atoms with van der Waals surface area (Å²) in [6, 6.07) is 12.1. The first-order valence-electron chi connectivity index (χ1n) is 7.53. The largest absolute Gasteiger partial charge is 0.313 e. The van der Waals surface area contributed by atoms with Crippen molar-refractivity contribution in [3.63, 3.8) is 0 Å². The summed E-state index contributed by atoms with van der Waals surface area (Å²) < 4.78 is 0. The van der Waals surface area contributed by atoms with Crippen LogP contribution >= 0.6 is 0 Å². The van der Waals surface area contributed by atoms with Crippen molar-refractivity contribution in [2.45, 2.75) is 37.8 Å². The number of rotatable bonds is 6. The molecular formula is C17H24N2. The zero-order chi connectivity index (χ0) is 13.1. The molecule has 102 valence electrons. The van der Waals surface area contributed by atoms with Crippen LogP contribution in [0.3, 0.4) is 0 Å². The van der Waals surface area contributed by atoms with E-state index in [1.807, 2.05) is 0 Å². The lowest BCUT2D eigenvalue weighted by Crippen LogP contribution is -2.39. The van der Waals surface area contributed by atoms with Gasteiger partial charge in [-0.2, -0.15) is 0 Å². The summed E-state index contributed by atoms with van der Waals surface area (Å²) in [7, 11) is 0. The third-order valence-corrected chi connectivity index (χ3v) is 4.26. The zero-order valence-corrected chi connectivity index (χ0v) is 11.6. The van der Waals surface area contributed by atoms with Crippen LogP contribution in [-0.4, -0.2) is 36.6 Å². The van der Waals surface area contributed by atoms with E-state index >= 15 is 0 Å². The van der Waals surface area contributed by atoms with E-state index < -0.39 is 0 Å². The summed E-state index contributed by atoms with van der Waals surface area (Å²) in [5.41, 5.74) is 2.54. The molecule has 1 atom stereocenters. The molecule has 0 radical (unpaired) electrons. The van der Waals surface area contributed by atoms with E-state index in [9.17, 15) is 0 Å². The van der Waals surface area contributed by atoms with Crippen molar-refractivity contribution in [2.24, 2.45) is 0 Å². The van der Waals surface area contributed by atoms with Crippen LogP contribution in [0.15, 0.2) is 36.9 Å². The standard InChI is InChI=1S/C17H24N2/c1-14(15-6-3-2-4-7-15)12-19(17-9-10-17)13-16-8-5-11-18-16/h2-4,6-7,16-18H,1,5,8-13H2. The second-order valence-electron chi connectivity index (χ2n) is 5.92. The van der Waals surface area contributed by atoms with Gasteiger partial charge in [-0.05, 0) is 43.4 Å². The van der Waals surface area contributed by atoms with Gasteiger partial charge in [-0.3, -0.25) is 4.90 Å². The maximum Gasteiger partial charge on any atom is 0.0237 e. The Morgan fingerprint density at radius 1 is 1.21 bits per heavy atom. The third kappa shape index (κ3) is 3.46. The Morgan fingerprint density at radius 3 is 2.63 bits per heavy atom. The molecule has 0 amide bonds. The summed E-state index contributed by atoms with van der Waals surface area (Å²) in [4.78, 5) is 2.64. The Balaban J connectivity index is 1.59. The van der Waals surface area contributed by atoms with Crippen molar-refractivity contribution in [2.75, 3.05) is 19.6 Å². The molecule has 2 heteroatoms. The van der Waals surface area contributed by atoms with Gasteiger partial charge in [0.05, 0.1) is 0 Å². The fourth-order valence-corrected chi connectivity index (χ4v) is 2.99.